The molecule has 2 aliphatic heterocycles. The molecule has 1 saturated heterocycles. The van der Waals surface area contributed by atoms with Gasteiger partial charge < -0.3 is 4.74 Å². The predicted molar refractivity (Wildman–Crippen MR) is 50.6 cm³/mol. The van der Waals surface area contributed by atoms with Gasteiger partial charge in [0.05, 0.1) is 6.42 Å². The van der Waals surface area contributed by atoms with E-state index in [2.05, 4.69) is 0 Å². The smallest absolute Gasteiger partial charge is 0.307 e. The monoisotopic (exact) mass is 194 g/mol. The molecule has 3 nitrogen and oxygen atoms in total. The molecule has 2 unspecified atom stereocenters. The maximum absolute atomic E-state index is 11.4. The van der Waals surface area contributed by atoms with Gasteiger partial charge in [0.25, 0.3) is 0 Å². The van der Waals surface area contributed by atoms with E-state index in [1.165, 1.54) is 0 Å². The van der Waals surface area contributed by atoms with E-state index in [1.54, 1.807) is 6.92 Å². The Hall–Kier alpha value is -1.12. The van der Waals surface area contributed by atoms with E-state index in [-0.39, 0.29) is 23.3 Å². The second-order valence-corrected chi connectivity index (χ2v) is 4.44. The van der Waals surface area contributed by atoms with Crippen molar-refractivity contribution in [2.45, 2.75) is 39.2 Å². The summed E-state index contributed by atoms with van der Waals surface area (Å²) in [6.07, 6.45) is 3.72. The van der Waals surface area contributed by atoms with Gasteiger partial charge in [-0.15, -0.1) is 0 Å². The SMILES string of the molecule is CC(=O)C1=CC2CCC1(C)CC(=O)O2. The summed E-state index contributed by atoms with van der Waals surface area (Å²) in [5, 5.41) is 0. The lowest BCUT2D eigenvalue weighted by molar-refractivity contribution is -0.146. The van der Waals surface area contributed by atoms with E-state index in [0.29, 0.717) is 6.42 Å². The first-order valence-corrected chi connectivity index (χ1v) is 4.94. The lowest BCUT2D eigenvalue weighted by Gasteiger charge is -2.31. The fourth-order valence-electron chi connectivity index (χ4n) is 2.41. The lowest BCUT2D eigenvalue weighted by atomic mass is 9.71. The summed E-state index contributed by atoms with van der Waals surface area (Å²) < 4.78 is 5.18. The van der Waals surface area contributed by atoms with Gasteiger partial charge in [-0.3, -0.25) is 9.59 Å². The van der Waals surface area contributed by atoms with Crippen LogP contribution in [0.4, 0.5) is 0 Å². The molecule has 0 spiro atoms. The molecule has 1 aliphatic carbocycles. The van der Waals surface area contributed by atoms with Gasteiger partial charge >= 0.3 is 5.97 Å². The van der Waals surface area contributed by atoms with Crippen LogP contribution in [0.15, 0.2) is 11.6 Å². The Morgan fingerprint density at radius 1 is 1.64 bits per heavy atom. The molecular weight excluding hydrogens is 180 g/mol. The molecule has 0 saturated carbocycles. The molecule has 0 N–H and O–H groups in total. The Morgan fingerprint density at radius 3 is 3.00 bits per heavy atom. The average molecular weight is 194 g/mol. The summed E-state index contributed by atoms with van der Waals surface area (Å²) >= 11 is 0. The van der Waals surface area contributed by atoms with Crippen molar-refractivity contribution in [3.8, 4) is 0 Å². The number of esters is 1. The van der Waals surface area contributed by atoms with Crippen LogP contribution in [0.1, 0.15) is 33.1 Å². The number of ketones is 1. The van der Waals surface area contributed by atoms with Crippen molar-refractivity contribution in [2.24, 2.45) is 5.41 Å². The van der Waals surface area contributed by atoms with E-state index in [0.717, 1.165) is 18.4 Å². The highest BCUT2D eigenvalue weighted by Crippen LogP contribution is 2.44. The largest absolute Gasteiger partial charge is 0.458 e. The fourth-order valence-corrected chi connectivity index (χ4v) is 2.41. The predicted octanol–water partition coefficient (Wildman–Crippen LogP) is 1.62. The molecule has 0 aromatic carbocycles. The quantitative estimate of drug-likeness (QED) is 0.596. The zero-order valence-electron chi connectivity index (χ0n) is 8.50. The van der Waals surface area contributed by atoms with E-state index in [1.807, 2.05) is 13.0 Å². The molecular formula is C11H14O3. The van der Waals surface area contributed by atoms with Gasteiger partial charge in [-0.05, 0) is 25.8 Å². The second-order valence-electron chi connectivity index (χ2n) is 4.44. The highest BCUT2D eigenvalue weighted by Gasteiger charge is 2.42. The summed E-state index contributed by atoms with van der Waals surface area (Å²) in [4.78, 5) is 22.8. The van der Waals surface area contributed by atoms with Crippen LogP contribution in [0.5, 0.6) is 0 Å². The molecule has 3 heteroatoms. The van der Waals surface area contributed by atoms with Crippen LogP contribution in [0.3, 0.4) is 0 Å². The van der Waals surface area contributed by atoms with Gasteiger partial charge in [0.15, 0.2) is 5.78 Å². The average Bonchev–Trinajstić information content (AvgIpc) is 2.27. The molecule has 0 amide bonds. The molecule has 0 radical (unpaired) electrons. The van der Waals surface area contributed by atoms with Crippen molar-refractivity contribution in [1.82, 2.24) is 0 Å². The van der Waals surface area contributed by atoms with E-state index >= 15 is 0 Å². The zero-order chi connectivity index (χ0) is 10.3. The first-order chi connectivity index (χ1) is 6.51. The third-order valence-electron chi connectivity index (χ3n) is 3.18. The first kappa shape index (κ1) is 9.44. The molecule has 2 bridgehead atoms. The first-order valence-electron chi connectivity index (χ1n) is 4.94. The van der Waals surface area contributed by atoms with Crippen molar-refractivity contribution in [2.75, 3.05) is 0 Å². The van der Waals surface area contributed by atoms with Gasteiger partial charge in [0, 0.05) is 11.0 Å². The lowest BCUT2D eigenvalue weighted by Crippen LogP contribution is -2.27. The topological polar surface area (TPSA) is 43.4 Å². The van der Waals surface area contributed by atoms with Gasteiger partial charge in [0.1, 0.15) is 6.10 Å². The summed E-state index contributed by atoms with van der Waals surface area (Å²) in [6, 6.07) is 0. The normalized spacial score (nSPS) is 36.0. The minimum atomic E-state index is -0.282. The van der Waals surface area contributed by atoms with Crippen LogP contribution in [0, 0.1) is 5.41 Å². The molecule has 0 aromatic heterocycles. The highest BCUT2D eigenvalue weighted by molar-refractivity contribution is 5.96. The van der Waals surface area contributed by atoms with Crippen LogP contribution in [0.2, 0.25) is 0 Å². The fraction of sp³-hybridized carbons (Fsp3) is 0.636. The molecule has 3 aliphatic rings. The zero-order valence-corrected chi connectivity index (χ0v) is 8.50. The van der Waals surface area contributed by atoms with Crippen molar-refractivity contribution >= 4 is 11.8 Å². The standard InChI is InChI=1S/C11H14O3/c1-7(12)9-5-8-3-4-11(9,2)6-10(13)14-8/h5,8H,3-4,6H2,1-2H3. The minimum Gasteiger partial charge on any atom is -0.458 e. The third-order valence-corrected chi connectivity index (χ3v) is 3.18. The van der Waals surface area contributed by atoms with Crippen molar-refractivity contribution in [1.29, 1.82) is 0 Å². The number of allylic oxidation sites excluding steroid dienone is 1. The Labute approximate surface area is 83.1 Å². The summed E-state index contributed by atoms with van der Waals surface area (Å²) in [5.74, 6) is -0.113. The maximum Gasteiger partial charge on any atom is 0.307 e. The summed E-state index contributed by atoms with van der Waals surface area (Å²) in [6.45, 7) is 3.53. The van der Waals surface area contributed by atoms with E-state index < -0.39 is 0 Å². The van der Waals surface area contributed by atoms with Crippen LogP contribution in [-0.2, 0) is 14.3 Å². The number of fused-ring (bicyclic) bond motifs is 3. The number of hydrogen-bond acceptors (Lipinski definition) is 3. The second kappa shape index (κ2) is 2.94. The van der Waals surface area contributed by atoms with E-state index in [4.69, 9.17) is 4.74 Å². The van der Waals surface area contributed by atoms with Crippen molar-refractivity contribution in [3.63, 3.8) is 0 Å². The van der Waals surface area contributed by atoms with E-state index in [9.17, 15) is 9.59 Å². The molecule has 1 fully saturated rings. The molecule has 2 heterocycles. The van der Waals surface area contributed by atoms with Gasteiger partial charge in [-0.2, -0.15) is 0 Å². The minimum absolute atomic E-state index is 0.0653. The summed E-state index contributed by atoms with van der Waals surface area (Å²) in [7, 11) is 0. The maximum atomic E-state index is 11.4. The molecule has 14 heavy (non-hydrogen) atoms. The number of carbonyl (C=O) groups is 2. The Balaban J connectivity index is 2.43. The number of hydrogen-bond donors (Lipinski definition) is 0. The van der Waals surface area contributed by atoms with Crippen LogP contribution in [-0.4, -0.2) is 17.9 Å². The van der Waals surface area contributed by atoms with Crippen molar-refractivity contribution in [3.05, 3.63) is 11.6 Å². The summed E-state index contributed by atoms with van der Waals surface area (Å²) in [5.41, 5.74) is 0.496. The van der Waals surface area contributed by atoms with Crippen LogP contribution < -0.4 is 0 Å². The Kier molecular flexibility index (Phi) is 1.98. The van der Waals surface area contributed by atoms with Gasteiger partial charge in [-0.25, -0.2) is 0 Å². The number of Topliss-reactive ketones (excluding diaryl/α,β-unsaturated/α-hetero) is 1. The number of rotatable bonds is 1. The Bertz CT molecular complexity index is 329. The molecule has 0 aromatic rings. The van der Waals surface area contributed by atoms with Crippen LogP contribution in [0.25, 0.3) is 0 Å². The molecule has 76 valence electrons. The molecule has 2 atom stereocenters. The van der Waals surface area contributed by atoms with Crippen LogP contribution >= 0.6 is 0 Å². The van der Waals surface area contributed by atoms with Gasteiger partial charge in [0.2, 0.25) is 0 Å². The highest BCUT2D eigenvalue weighted by atomic mass is 16.5. The third kappa shape index (κ3) is 1.37. The van der Waals surface area contributed by atoms with Gasteiger partial charge in [-0.1, -0.05) is 6.92 Å². The Morgan fingerprint density at radius 2 is 2.36 bits per heavy atom. The number of ether oxygens (including phenoxy) is 1. The number of carbonyl (C=O) groups excluding carboxylic acids is 2. The van der Waals surface area contributed by atoms with Crippen molar-refractivity contribution < 1.29 is 14.3 Å². The molecule has 3 rings (SSSR count).